The summed E-state index contributed by atoms with van der Waals surface area (Å²) in [6.07, 6.45) is 3.45. The van der Waals surface area contributed by atoms with E-state index < -0.39 is 12.0 Å². The number of ether oxygens (including phenoxy) is 3. The summed E-state index contributed by atoms with van der Waals surface area (Å²) in [5, 5.41) is 0.554. The quantitative estimate of drug-likeness (QED) is 0.202. The monoisotopic (exact) mass is 650 g/mol. The smallest absolute Gasteiger partial charge is 0.338 e. The van der Waals surface area contributed by atoms with E-state index in [2.05, 4.69) is 34.2 Å². The lowest BCUT2D eigenvalue weighted by Crippen LogP contribution is -2.39. The second-order valence-electron chi connectivity index (χ2n) is 7.99. The van der Waals surface area contributed by atoms with Gasteiger partial charge in [0, 0.05) is 5.02 Å². The fourth-order valence-corrected chi connectivity index (χ4v) is 5.96. The SMILES string of the molecule is C=CCOc1c(I)cc(/C=c2\sc3n(c2=O)C(c2ccc(Cl)cc2)C(C(=O)OCC)=C(C)N=3)cc1OC. The van der Waals surface area contributed by atoms with Crippen LogP contribution in [0.15, 0.2) is 70.1 Å². The molecule has 1 aliphatic heterocycles. The summed E-state index contributed by atoms with van der Waals surface area (Å²) in [6.45, 7) is 7.73. The zero-order valence-corrected chi connectivity index (χ0v) is 24.1. The van der Waals surface area contributed by atoms with Gasteiger partial charge in [-0.15, -0.1) is 0 Å². The molecule has 4 rings (SSSR count). The first-order valence-corrected chi connectivity index (χ1v) is 13.6. The van der Waals surface area contributed by atoms with E-state index in [9.17, 15) is 9.59 Å². The van der Waals surface area contributed by atoms with Crippen molar-refractivity contribution in [2.24, 2.45) is 4.99 Å². The molecule has 2 heterocycles. The molecule has 3 aromatic rings. The van der Waals surface area contributed by atoms with Crippen LogP contribution in [0.5, 0.6) is 11.5 Å². The van der Waals surface area contributed by atoms with E-state index in [-0.39, 0.29) is 12.2 Å². The molecule has 1 unspecified atom stereocenters. The highest BCUT2D eigenvalue weighted by Gasteiger charge is 2.33. The topological polar surface area (TPSA) is 79.1 Å². The summed E-state index contributed by atoms with van der Waals surface area (Å²) in [7, 11) is 1.57. The van der Waals surface area contributed by atoms with Crippen molar-refractivity contribution in [3.05, 3.63) is 99.7 Å². The number of hydrogen-bond donors (Lipinski definition) is 0. The van der Waals surface area contributed by atoms with Gasteiger partial charge in [-0.3, -0.25) is 9.36 Å². The van der Waals surface area contributed by atoms with Crippen LogP contribution in [0.1, 0.15) is 31.0 Å². The van der Waals surface area contributed by atoms with Crippen LogP contribution in [0, 0.1) is 3.57 Å². The van der Waals surface area contributed by atoms with E-state index >= 15 is 0 Å². The van der Waals surface area contributed by atoms with Crippen molar-refractivity contribution in [1.29, 1.82) is 0 Å². The number of esters is 1. The molecular formula is C27H24ClIN2O5S. The number of carbonyl (C=O) groups is 1. The van der Waals surface area contributed by atoms with Crippen LogP contribution in [0.25, 0.3) is 6.08 Å². The Bertz CT molecular complexity index is 1570. The van der Waals surface area contributed by atoms with Crippen molar-refractivity contribution in [2.45, 2.75) is 19.9 Å². The number of rotatable bonds is 8. The van der Waals surface area contributed by atoms with Crippen LogP contribution < -0.4 is 24.4 Å². The van der Waals surface area contributed by atoms with Gasteiger partial charge >= 0.3 is 5.97 Å². The van der Waals surface area contributed by atoms with Crippen molar-refractivity contribution in [2.75, 3.05) is 20.3 Å². The number of aromatic nitrogens is 1. The molecular weight excluding hydrogens is 627 g/mol. The lowest BCUT2D eigenvalue weighted by atomic mass is 9.96. The van der Waals surface area contributed by atoms with Gasteiger partial charge in [-0.1, -0.05) is 47.7 Å². The normalized spacial score (nSPS) is 15.2. The van der Waals surface area contributed by atoms with Gasteiger partial charge in [-0.2, -0.15) is 0 Å². The summed E-state index contributed by atoms with van der Waals surface area (Å²) >= 11 is 9.54. The minimum Gasteiger partial charge on any atom is -0.493 e. The third kappa shape index (κ3) is 5.53. The maximum Gasteiger partial charge on any atom is 0.338 e. The van der Waals surface area contributed by atoms with Crippen molar-refractivity contribution >= 4 is 57.6 Å². The van der Waals surface area contributed by atoms with Gasteiger partial charge in [0.1, 0.15) is 6.61 Å². The number of benzene rings is 2. The van der Waals surface area contributed by atoms with E-state index in [1.54, 1.807) is 61.9 Å². The Labute approximate surface area is 236 Å². The first-order chi connectivity index (χ1) is 17.8. The molecule has 1 atom stereocenters. The van der Waals surface area contributed by atoms with Crippen LogP contribution >= 0.6 is 45.5 Å². The second kappa shape index (κ2) is 11.7. The Morgan fingerprint density at radius 1 is 1.30 bits per heavy atom. The van der Waals surface area contributed by atoms with Crippen molar-refractivity contribution < 1.29 is 19.0 Å². The van der Waals surface area contributed by atoms with Gasteiger partial charge in [-0.25, -0.2) is 9.79 Å². The Balaban J connectivity index is 1.90. The number of carbonyl (C=O) groups excluding carboxylic acids is 1. The number of thiazole rings is 1. The fourth-order valence-electron chi connectivity index (χ4n) is 4.01. The minimum atomic E-state index is -0.695. The van der Waals surface area contributed by atoms with E-state index in [1.165, 1.54) is 11.3 Å². The summed E-state index contributed by atoms with van der Waals surface area (Å²) < 4.78 is 19.4. The standard InChI is InChI=1S/C27H24ClIN2O5S/c1-5-11-36-24-19(29)12-16(13-20(24)34-4)14-21-25(32)31-23(17-7-9-18(28)10-8-17)22(26(33)35-6-2)15(3)30-27(31)37-21/h5,7-10,12-14,23H,1,6,11H2,2-4H3/b21-14-. The molecule has 0 fully saturated rings. The highest BCUT2D eigenvalue weighted by atomic mass is 127. The van der Waals surface area contributed by atoms with Crippen LogP contribution in [-0.2, 0) is 9.53 Å². The van der Waals surface area contributed by atoms with Crippen LogP contribution in [0.3, 0.4) is 0 Å². The van der Waals surface area contributed by atoms with Crippen LogP contribution in [-0.4, -0.2) is 30.9 Å². The Morgan fingerprint density at radius 2 is 2.03 bits per heavy atom. The predicted octanol–water partition coefficient (Wildman–Crippen LogP) is 4.63. The molecule has 0 N–H and O–H groups in total. The number of methoxy groups -OCH3 is 1. The van der Waals surface area contributed by atoms with E-state index in [0.29, 0.717) is 43.7 Å². The third-order valence-corrected chi connectivity index (χ3v) is 7.63. The molecule has 0 saturated carbocycles. The largest absolute Gasteiger partial charge is 0.493 e. The molecule has 10 heteroatoms. The van der Waals surface area contributed by atoms with Gasteiger partial charge in [-0.05, 0) is 77.9 Å². The van der Waals surface area contributed by atoms with Crippen LogP contribution in [0.4, 0.5) is 0 Å². The van der Waals surface area contributed by atoms with Crippen molar-refractivity contribution in [1.82, 2.24) is 4.57 Å². The first kappa shape index (κ1) is 27.2. The molecule has 0 amide bonds. The number of hydrogen-bond acceptors (Lipinski definition) is 7. The number of halogens is 2. The van der Waals surface area contributed by atoms with E-state index in [4.69, 9.17) is 25.8 Å². The molecule has 1 aliphatic rings. The molecule has 1 aromatic heterocycles. The van der Waals surface area contributed by atoms with Gasteiger partial charge in [0.2, 0.25) is 0 Å². The maximum absolute atomic E-state index is 13.8. The van der Waals surface area contributed by atoms with Gasteiger partial charge in [0.25, 0.3) is 5.56 Å². The van der Waals surface area contributed by atoms with Crippen LogP contribution in [0.2, 0.25) is 5.02 Å². The van der Waals surface area contributed by atoms with E-state index in [1.807, 2.05) is 12.1 Å². The molecule has 2 aromatic carbocycles. The lowest BCUT2D eigenvalue weighted by Gasteiger charge is -2.24. The Hall–Kier alpha value is -2.89. The first-order valence-electron chi connectivity index (χ1n) is 11.3. The molecule has 0 bridgehead atoms. The zero-order valence-electron chi connectivity index (χ0n) is 20.4. The molecule has 37 heavy (non-hydrogen) atoms. The summed E-state index contributed by atoms with van der Waals surface area (Å²) in [6, 6.07) is 10.1. The fraction of sp³-hybridized carbons (Fsp3) is 0.222. The Morgan fingerprint density at radius 3 is 2.68 bits per heavy atom. The lowest BCUT2D eigenvalue weighted by molar-refractivity contribution is -0.139. The van der Waals surface area contributed by atoms with Gasteiger partial charge in [0.15, 0.2) is 16.3 Å². The van der Waals surface area contributed by atoms with Crippen molar-refractivity contribution in [3.8, 4) is 11.5 Å². The minimum absolute atomic E-state index is 0.209. The zero-order chi connectivity index (χ0) is 26.7. The number of fused-ring (bicyclic) bond motifs is 1. The predicted molar refractivity (Wildman–Crippen MR) is 153 cm³/mol. The molecule has 7 nitrogen and oxygen atoms in total. The average molecular weight is 651 g/mol. The Kier molecular flexibility index (Phi) is 8.56. The summed E-state index contributed by atoms with van der Waals surface area (Å²) in [4.78, 5) is 31.8. The highest BCUT2D eigenvalue weighted by Crippen LogP contribution is 2.34. The summed E-state index contributed by atoms with van der Waals surface area (Å²) in [5.74, 6) is 0.652. The molecule has 0 saturated heterocycles. The highest BCUT2D eigenvalue weighted by molar-refractivity contribution is 14.1. The van der Waals surface area contributed by atoms with Crippen molar-refractivity contribution in [3.63, 3.8) is 0 Å². The summed E-state index contributed by atoms with van der Waals surface area (Å²) in [5.41, 5.74) is 2.06. The molecule has 0 aliphatic carbocycles. The average Bonchev–Trinajstić information content (AvgIpc) is 3.17. The van der Waals surface area contributed by atoms with Gasteiger partial charge in [0.05, 0.1) is 39.1 Å². The maximum atomic E-state index is 13.8. The molecule has 192 valence electrons. The van der Waals surface area contributed by atoms with E-state index in [0.717, 1.165) is 14.7 Å². The number of allylic oxidation sites excluding steroid dienone is 1. The third-order valence-electron chi connectivity index (χ3n) is 5.60. The molecule has 0 spiro atoms. The van der Waals surface area contributed by atoms with Gasteiger partial charge < -0.3 is 14.2 Å². The second-order valence-corrected chi connectivity index (χ2v) is 10.6. The molecule has 0 radical (unpaired) electrons. The number of nitrogens with zero attached hydrogens (tertiary/aromatic N) is 2.